The molecule has 0 spiro atoms. The third-order valence-corrected chi connectivity index (χ3v) is 11.4. The van der Waals surface area contributed by atoms with Crippen molar-refractivity contribution in [3.63, 3.8) is 0 Å². The first-order valence-electron chi connectivity index (χ1n) is 19.2. The molecule has 3 heteroatoms. The average Bonchev–Trinajstić information content (AvgIpc) is 3.59. The molecule has 10 aromatic rings. The lowest BCUT2D eigenvalue weighted by Gasteiger charge is -2.22. The summed E-state index contributed by atoms with van der Waals surface area (Å²) in [6.45, 7) is 13.6. The maximum absolute atomic E-state index is 6.59. The second-order valence-electron chi connectivity index (χ2n) is 17.1. The van der Waals surface area contributed by atoms with Crippen LogP contribution in [0.2, 0.25) is 0 Å². The molecule has 3 nitrogen and oxygen atoms in total. The van der Waals surface area contributed by atoms with E-state index in [1.54, 1.807) is 0 Å². The molecule has 266 valence electrons. The second kappa shape index (κ2) is 12.1. The molecule has 0 atom stereocenters. The van der Waals surface area contributed by atoms with Crippen LogP contribution in [0.15, 0.2) is 150 Å². The lowest BCUT2D eigenvalue weighted by atomic mass is 9.83. The Hall–Kier alpha value is -6.32. The van der Waals surface area contributed by atoms with Crippen LogP contribution >= 0.6 is 0 Å². The Morgan fingerprint density at radius 2 is 1.05 bits per heavy atom. The van der Waals surface area contributed by atoms with Crippen molar-refractivity contribution in [3.05, 3.63) is 157 Å². The summed E-state index contributed by atoms with van der Waals surface area (Å²) in [7, 11) is 0. The average molecular weight is 711 g/mol. The summed E-state index contributed by atoms with van der Waals surface area (Å²) >= 11 is 0. The van der Waals surface area contributed by atoms with E-state index < -0.39 is 0 Å². The van der Waals surface area contributed by atoms with Gasteiger partial charge in [-0.1, -0.05) is 151 Å². The zero-order valence-electron chi connectivity index (χ0n) is 32.2. The van der Waals surface area contributed by atoms with E-state index in [2.05, 4.69) is 181 Å². The molecule has 10 rings (SSSR count). The highest BCUT2D eigenvalue weighted by Gasteiger charge is 2.21. The summed E-state index contributed by atoms with van der Waals surface area (Å²) in [6.07, 6.45) is 1.95. The largest absolute Gasteiger partial charge is 0.455 e. The minimum absolute atomic E-state index is 0.00375. The molecule has 2 heterocycles. The van der Waals surface area contributed by atoms with Gasteiger partial charge in [-0.05, 0) is 90.5 Å². The highest BCUT2D eigenvalue weighted by molar-refractivity contribution is 6.24. The SMILES string of the molecule is CC(C)(C)c1ccc2c3ccc(C(C)(C)C)cc3c3nc(-c4cccc(-c5cccc(-c6cccc7c6oc6ccc8ccccc8c67)c5)c4)cnc3c2c1. The van der Waals surface area contributed by atoms with Crippen LogP contribution in [-0.2, 0) is 10.8 Å². The molecular weight excluding hydrogens is 669 g/mol. The number of hydrogen-bond donors (Lipinski definition) is 0. The van der Waals surface area contributed by atoms with Crippen molar-refractivity contribution in [3.8, 4) is 33.5 Å². The summed E-state index contributed by atoms with van der Waals surface area (Å²) in [5.74, 6) is 0. The van der Waals surface area contributed by atoms with Gasteiger partial charge in [0, 0.05) is 32.7 Å². The van der Waals surface area contributed by atoms with Crippen molar-refractivity contribution in [1.29, 1.82) is 0 Å². The van der Waals surface area contributed by atoms with E-state index in [1.807, 2.05) is 6.20 Å². The molecular formula is C52H42N2O. The zero-order valence-corrected chi connectivity index (χ0v) is 32.2. The molecule has 0 amide bonds. The quantitative estimate of drug-likeness (QED) is 0.171. The monoisotopic (exact) mass is 710 g/mol. The lowest BCUT2D eigenvalue weighted by Crippen LogP contribution is -2.11. The van der Waals surface area contributed by atoms with Gasteiger partial charge in [-0.2, -0.15) is 0 Å². The van der Waals surface area contributed by atoms with E-state index in [-0.39, 0.29) is 10.8 Å². The van der Waals surface area contributed by atoms with Crippen molar-refractivity contribution >= 4 is 65.3 Å². The fourth-order valence-electron chi connectivity index (χ4n) is 8.32. The number of furan rings is 1. The number of rotatable bonds is 3. The normalized spacial score (nSPS) is 12.5. The van der Waals surface area contributed by atoms with Crippen molar-refractivity contribution < 1.29 is 4.42 Å². The molecule has 0 saturated heterocycles. The number of benzene rings is 8. The van der Waals surface area contributed by atoms with Gasteiger partial charge >= 0.3 is 0 Å². The van der Waals surface area contributed by atoms with Gasteiger partial charge in [0.2, 0.25) is 0 Å². The Balaban J connectivity index is 1.10. The van der Waals surface area contributed by atoms with Gasteiger partial charge < -0.3 is 4.42 Å². The van der Waals surface area contributed by atoms with Crippen LogP contribution in [-0.4, -0.2) is 9.97 Å². The molecule has 0 radical (unpaired) electrons. The third kappa shape index (κ3) is 5.49. The van der Waals surface area contributed by atoms with Gasteiger partial charge in [-0.3, -0.25) is 4.98 Å². The molecule has 8 aromatic carbocycles. The number of nitrogens with zero attached hydrogens (tertiary/aromatic N) is 2. The Kier molecular flexibility index (Phi) is 7.32. The van der Waals surface area contributed by atoms with Crippen LogP contribution in [0, 0.1) is 0 Å². The Morgan fingerprint density at radius 1 is 0.455 bits per heavy atom. The van der Waals surface area contributed by atoms with Gasteiger partial charge in [-0.15, -0.1) is 0 Å². The maximum atomic E-state index is 6.59. The molecule has 0 N–H and O–H groups in total. The fourth-order valence-corrected chi connectivity index (χ4v) is 8.32. The van der Waals surface area contributed by atoms with Crippen molar-refractivity contribution in [2.45, 2.75) is 52.4 Å². The van der Waals surface area contributed by atoms with E-state index in [0.717, 1.165) is 71.9 Å². The number of para-hydroxylation sites is 1. The lowest BCUT2D eigenvalue weighted by molar-refractivity contribution is 0.591. The smallest absolute Gasteiger partial charge is 0.143 e. The molecule has 0 saturated carbocycles. The second-order valence-corrected chi connectivity index (χ2v) is 17.1. The summed E-state index contributed by atoms with van der Waals surface area (Å²) in [4.78, 5) is 10.6. The van der Waals surface area contributed by atoms with Gasteiger partial charge in [0.05, 0.1) is 22.9 Å². The van der Waals surface area contributed by atoms with Gasteiger partial charge in [0.25, 0.3) is 0 Å². The van der Waals surface area contributed by atoms with E-state index in [0.29, 0.717) is 0 Å². The van der Waals surface area contributed by atoms with Gasteiger partial charge in [0.15, 0.2) is 0 Å². The van der Waals surface area contributed by atoms with Crippen molar-refractivity contribution in [1.82, 2.24) is 9.97 Å². The van der Waals surface area contributed by atoms with Gasteiger partial charge in [-0.25, -0.2) is 4.98 Å². The standard InChI is InChI=1S/C52H42N2O/c1-51(2,3)36-21-23-40-41-24-22-37(52(4,5)6)29-44(41)49-48(43(40)28-36)53-30-45(54-49)35-16-10-14-33(27-35)32-13-9-15-34(26-32)39-18-11-19-42-47-38-17-8-7-12-31(38)20-25-46(47)55-50(39)42/h7-30H,1-6H3. The molecule has 0 unspecified atom stereocenters. The maximum Gasteiger partial charge on any atom is 0.143 e. The molecule has 55 heavy (non-hydrogen) atoms. The first kappa shape index (κ1) is 33.3. The topological polar surface area (TPSA) is 38.9 Å². The number of fused-ring (bicyclic) bond motifs is 11. The zero-order chi connectivity index (χ0) is 37.6. The van der Waals surface area contributed by atoms with Gasteiger partial charge in [0.1, 0.15) is 11.2 Å². The molecule has 2 aromatic heterocycles. The van der Waals surface area contributed by atoms with Crippen LogP contribution in [0.5, 0.6) is 0 Å². The first-order valence-corrected chi connectivity index (χ1v) is 19.2. The van der Waals surface area contributed by atoms with Crippen LogP contribution < -0.4 is 0 Å². The minimum Gasteiger partial charge on any atom is -0.455 e. The predicted octanol–water partition coefficient (Wildman–Crippen LogP) is 14.6. The minimum atomic E-state index is 0.00375. The molecule has 0 aliphatic carbocycles. The van der Waals surface area contributed by atoms with Crippen LogP contribution in [0.3, 0.4) is 0 Å². The fraction of sp³-hybridized carbons (Fsp3) is 0.154. The molecule has 0 fully saturated rings. The summed E-state index contributed by atoms with van der Waals surface area (Å²) in [5, 5.41) is 9.44. The molecule has 0 aliphatic rings. The first-order chi connectivity index (χ1) is 26.5. The molecule has 0 bridgehead atoms. The van der Waals surface area contributed by atoms with E-state index in [4.69, 9.17) is 14.4 Å². The summed E-state index contributed by atoms with van der Waals surface area (Å²) < 4.78 is 6.59. The highest BCUT2D eigenvalue weighted by atomic mass is 16.3. The van der Waals surface area contributed by atoms with Crippen LogP contribution in [0.4, 0.5) is 0 Å². The third-order valence-electron chi connectivity index (χ3n) is 11.4. The predicted molar refractivity (Wildman–Crippen MR) is 233 cm³/mol. The van der Waals surface area contributed by atoms with E-state index >= 15 is 0 Å². The van der Waals surface area contributed by atoms with E-state index in [9.17, 15) is 0 Å². The summed E-state index contributed by atoms with van der Waals surface area (Å²) in [5.41, 5.74) is 12.7. The van der Waals surface area contributed by atoms with Crippen LogP contribution in [0.25, 0.3) is 98.8 Å². The Bertz CT molecular complexity index is 3170. The number of aromatic nitrogens is 2. The van der Waals surface area contributed by atoms with Crippen molar-refractivity contribution in [2.75, 3.05) is 0 Å². The van der Waals surface area contributed by atoms with Crippen LogP contribution in [0.1, 0.15) is 52.7 Å². The summed E-state index contributed by atoms with van der Waals surface area (Å²) in [6, 6.07) is 50.5. The Labute approximate surface area is 321 Å². The number of hydrogen-bond acceptors (Lipinski definition) is 3. The Morgan fingerprint density at radius 3 is 1.76 bits per heavy atom. The van der Waals surface area contributed by atoms with Crippen molar-refractivity contribution in [2.24, 2.45) is 0 Å². The molecule has 0 aliphatic heterocycles. The van der Waals surface area contributed by atoms with E-state index in [1.165, 1.54) is 38.1 Å². The highest BCUT2D eigenvalue weighted by Crippen LogP contribution is 2.41.